The van der Waals surface area contributed by atoms with E-state index >= 15 is 0 Å². The highest BCUT2D eigenvalue weighted by atomic mass is 16.5. The number of carbonyl (C=O) groups is 2. The summed E-state index contributed by atoms with van der Waals surface area (Å²) in [5, 5.41) is 6.78. The Morgan fingerprint density at radius 3 is 2.40 bits per heavy atom. The number of hydrogen-bond acceptors (Lipinski definition) is 4. The van der Waals surface area contributed by atoms with E-state index < -0.39 is 12.1 Å². The van der Waals surface area contributed by atoms with Gasteiger partial charge >= 0.3 is 5.97 Å². The fraction of sp³-hybridized carbons (Fsp3) is 0.150. The Bertz CT molecular complexity index is 883. The van der Waals surface area contributed by atoms with E-state index in [1.807, 2.05) is 49.4 Å². The number of ketones is 1. The van der Waals surface area contributed by atoms with E-state index in [0.717, 1.165) is 11.1 Å². The molecule has 3 rings (SSSR count). The van der Waals surface area contributed by atoms with Crippen molar-refractivity contribution in [3.8, 4) is 11.3 Å². The van der Waals surface area contributed by atoms with Gasteiger partial charge in [0, 0.05) is 11.1 Å². The largest absolute Gasteiger partial charge is 0.450 e. The molecule has 1 aromatic heterocycles. The van der Waals surface area contributed by atoms with Crippen molar-refractivity contribution in [2.75, 3.05) is 0 Å². The molecule has 25 heavy (non-hydrogen) atoms. The zero-order chi connectivity index (χ0) is 17.8. The van der Waals surface area contributed by atoms with E-state index in [4.69, 9.17) is 4.74 Å². The fourth-order valence-electron chi connectivity index (χ4n) is 2.41. The molecule has 0 radical (unpaired) electrons. The van der Waals surface area contributed by atoms with Crippen molar-refractivity contribution >= 4 is 11.8 Å². The molecule has 0 saturated heterocycles. The number of nitrogens with one attached hydrogen (secondary N) is 1. The minimum atomic E-state index is -0.876. The molecular weight excluding hydrogens is 316 g/mol. The van der Waals surface area contributed by atoms with Crippen molar-refractivity contribution in [3.05, 3.63) is 77.5 Å². The highest BCUT2D eigenvalue weighted by Gasteiger charge is 2.21. The summed E-state index contributed by atoms with van der Waals surface area (Å²) < 4.78 is 5.27. The normalized spacial score (nSPS) is 11.8. The molecule has 0 fully saturated rings. The number of aromatic amines is 1. The maximum atomic E-state index is 12.3. The molecule has 0 aliphatic rings. The van der Waals surface area contributed by atoms with Gasteiger partial charge in [0.05, 0.1) is 5.69 Å². The molecule has 3 aromatic rings. The molecular formula is C20H18N2O3. The van der Waals surface area contributed by atoms with Crippen LogP contribution in [0.4, 0.5) is 0 Å². The monoisotopic (exact) mass is 334 g/mol. The van der Waals surface area contributed by atoms with Crippen LogP contribution in [0, 0.1) is 6.92 Å². The van der Waals surface area contributed by atoms with Gasteiger partial charge < -0.3 is 4.74 Å². The fourth-order valence-corrected chi connectivity index (χ4v) is 2.41. The molecule has 0 unspecified atom stereocenters. The van der Waals surface area contributed by atoms with Gasteiger partial charge in [-0.25, -0.2) is 4.79 Å². The van der Waals surface area contributed by atoms with Crippen molar-refractivity contribution in [3.63, 3.8) is 0 Å². The van der Waals surface area contributed by atoms with Crippen LogP contribution in [0.5, 0.6) is 0 Å². The van der Waals surface area contributed by atoms with Gasteiger partial charge in [-0.05, 0) is 19.9 Å². The number of benzene rings is 2. The molecule has 1 heterocycles. The first-order chi connectivity index (χ1) is 12.0. The molecule has 5 nitrogen and oxygen atoms in total. The number of carbonyl (C=O) groups excluding carboxylic acids is 2. The number of H-pyrrole nitrogens is 1. The van der Waals surface area contributed by atoms with Crippen molar-refractivity contribution in [1.29, 1.82) is 0 Å². The third-order valence-corrected chi connectivity index (χ3v) is 3.86. The molecule has 2 aromatic carbocycles. The Kier molecular flexibility index (Phi) is 4.75. The van der Waals surface area contributed by atoms with Crippen molar-refractivity contribution in [2.24, 2.45) is 0 Å². The minimum Gasteiger partial charge on any atom is -0.450 e. The smallest absolute Gasteiger partial charge is 0.357 e. The van der Waals surface area contributed by atoms with Crippen LogP contribution < -0.4 is 0 Å². The summed E-state index contributed by atoms with van der Waals surface area (Å²) >= 11 is 0. The molecule has 126 valence electrons. The topological polar surface area (TPSA) is 72.1 Å². The Balaban J connectivity index is 1.68. The molecule has 0 aliphatic carbocycles. The van der Waals surface area contributed by atoms with E-state index in [0.29, 0.717) is 11.3 Å². The summed E-state index contributed by atoms with van der Waals surface area (Å²) in [4.78, 5) is 24.6. The molecule has 1 N–H and O–H groups in total. The summed E-state index contributed by atoms with van der Waals surface area (Å²) in [6.07, 6.45) is -0.876. The summed E-state index contributed by atoms with van der Waals surface area (Å²) in [5.41, 5.74) is 3.32. The Morgan fingerprint density at radius 1 is 1.04 bits per heavy atom. The average Bonchev–Trinajstić information content (AvgIpc) is 3.13. The SMILES string of the molecule is Cc1ccc(C(=O)[C@@H](C)OC(=O)c2cc(-c3ccccc3)n[nH]2)cc1. The molecule has 0 amide bonds. The lowest BCUT2D eigenvalue weighted by Crippen LogP contribution is -2.24. The summed E-state index contributed by atoms with van der Waals surface area (Å²) in [6.45, 7) is 3.51. The van der Waals surface area contributed by atoms with Gasteiger partial charge in [0.1, 0.15) is 5.69 Å². The highest BCUT2D eigenvalue weighted by Crippen LogP contribution is 2.18. The van der Waals surface area contributed by atoms with Gasteiger partial charge in [-0.3, -0.25) is 9.89 Å². The van der Waals surface area contributed by atoms with E-state index in [-0.39, 0.29) is 11.5 Å². The van der Waals surface area contributed by atoms with E-state index in [2.05, 4.69) is 10.2 Å². The van der Waals surface area contributed by atoms with Gasteiger partial charge in [-0.15, -0.1) is 0 Å². The zero-order valence-corrected chi connectivity index (χ0v) is 14.0. The van der Waals surface area contributed by atoms with Crippen molar-refractivity contribution in [1.82, 2.24) is 10.2 Å². The van der Waals surface area contributed by atoms with E-state index in [9.17, 15) is 9.59 Å². The van der Waals surface area contributed by atoms with Crippen LogP contribution in [-0.4, -0.2) is 28.1 Å². The molecule has 0 spiro atoms. The second-order valence-electron chi connectivity index (χ2n) is 5.81. The average molecular weight is 334 g/mol. The first kappa shape index (κ1) is 16.6. The van der Waals surface area contributed by atoms with Crippen LogP contribution in [0.15, 0.2) is 60.7 Å². The van der Waals surface area contributed by atoms with Crippen molar-refractivity contribution < 1.29 is 14.3 Å². The molecule has 0 aliphatic heterocycles. The number of ether oxygens (including phenoxy) is 1. The van der Waals surface area contributed by atoms with E-state index in [1.54, 1.807) is 25.1 Å². The maximum absolute atomic E-state index is 12.3. The number of nitrogens with zero attached hydrogens (tertiary/aromatic N) is 1. The summed E-state index contributed by atoms with van der Waals surface area (Å²) in [6, 6.07) is 18.3. The van der Waals surface area contributed by atoms with Gasteiger partial charge in [0.15, 0.2) is 6.10 Å². The van der Waals surface area contributed by atoms with Gasteiger partial charge in [-0.1, -0.05) is 60.2 Å². The van der Waals surface area contributed by atoms with Crippen LogP contribution in [0.25, 0.3) is 11.3 Å². The first-order valence-electron chi connectivity index (χ1n) is 7.97. The lowest BCUT2D eigenvalue weighted by molar-refractivity contribution is 0.0313. The van der Waals surface area contributed by atoms with Gasteiger partial charge in [0.25, 0.3) is 0 Å². The third kappa shape index (κ3) is 3.83. The number of aromatic nitrogens is 2. The number of hydrogen-bond donors (Lipinski definition) is 1. The first-order valence-corrected chi connectivity index (χ1v) is 7.97. The minimum absolute atomic E-state index is 0.211. The van der Waals surface area contributed by atoms with Crippen LogP contribution in [0.1, 0.15) is 33.3 Å². The highest BCUT2D eigenvalue weighted by molar-refractivity contribution is 6.01. The molecule has 1 atom stereocenters. The molecule has 0 bridgehead atoms. The number of Topliss-reactive ketones (excluding diaryl/α,β-unsaturated/α-hetero) is 1. The van der Waals surface area contributed by atoms with Crippen LogP contribution in [-0.2, 0) is 4.74 Å². The third-order valence-electron chi connectivity index (χ3n) is 3.86. The second-order valence-corrected chi connectivity index (χ2v) is 5.81. The van der Waals surface area contributed by atoms with E-state index in [1.165, 1.54) is 0 Å². The second kappa shape index (κ2) is 7.13. The standard InChI is InChI=1S/C20H18N2O3/c1-13-8-10-16(11-9-13)19(23)14(2)25-20(24)18-12-17(21-22-18)15-6-4-3-5-7-15/h3-12,14H,1-2H3,(H,21,22)/t14-/m1/s1. The zero-order valence-electron chi connectivity index (χ0n) is 14.0. The number of aryl methyl sites for hydroxylation is 1. The Morgan fingerprint density at radius 2 is 1.72 bits per heavy atom. The van der Waals surface area contributed by atoms with Crippen LogP contribution >= 0.6 is 0 Å². The van der Waals surface area contributed by atoms with Gasteiger partial charge in [-0.2, -0.15) is 5.10 Å². The van der Waals surface area contributed by atoms with Crippen LogP contribution in [0.3, 0.4) is 0 Å². The lowest BCUT2D eigenvalue weighted by Gasteiger charge is -2.11. The Labute approximate surface area is 145 Å². The summed E-state index contributed by atoms with van der Waals surface area (Å²) in [7, 11) is 0. The Hall–Kier alpha value is -3.21. The molecule has 0 saturated carbocycles. The van der Waals surface area contributed by atoms with Gasteiger partial charge in [0.2, 0.25) is 5.78 Å². The molecule has 5 heteroatoms. The summed E-state index contributed by atoms with van der Waals surface area (Å²) in [5.74, 6) is -0.848. The predicted octanol–water partition coefficient (Wildman–Crippen LogP) is 3.81. The predicted molar refractivity (Wildman–Crippen MR) is 94.4 cm³/mol. The number of rotatable bonds is 5. The number of esters is 1. The quantitative estimate of drug-likeness (QED) is 0.569. The van der Waals surface area contributed by atoms with Crippen molar-refractivity contribution in [2.45, 2.75) is 20.0 Å². The maximum Gasteiger partial charge on any atom is 0.357 e. The lowest BCUT2D eigenvalue weighted by atomic mass is 10.1. The van der Waals surface area contributed by atoms with Crippen LogP contribution in [0.2, 0.25) is 0 Å².